The summed E-state index contributed by atoms with van der Waals surface area (Å²) in [5, 5.41) is 3.36. The molecule has 1 atom stereocenters. The summed E-state index contributed by atoms with van der Waals surface area (Å²) in [5.74, 6) is 0.888. The lowest BCUT2D eigenvalue weighted by atomic mass is 10.1. The van der Waals surface area contributed by atoms with Gasteiger partial charge >= 0.3 is 6.03 Å². The van der Waals surface area contributed by atoms with Gasteiger partial charge in [-0.3, -0.25) is 14.6 Å². The van der Waals surface area contributed by atoms with Crippen LogP contribution in [-0.2, 0) is 11.3 Å². The van der Waals surface area contributed by atoms with Crippen molar-refractivity contribution in [3.05, 3.63) is 78.5 Å². The zero-order valence-electron chi connectivity index (χ0n) is 23.7. The minimum absolute atomic E-state index is 0.127. The monoisotopic (exact) mass is 552 g/mol. The number of carbonyl (C=O) groups is 2. The lowest BCUT2D eigenvalue weighted by molar-refractivity contribution is -0.125. The molecule has 41 heavy (non-hydrogen) atoms. The van der Waals surface area contributed by atoms with E-state index in [1.807, 2.05) is 30.3 Å². The van der Waals surface area contributed by atoms with Crippen molar-refractivity contribution in [2.24, 2.45) is 0 Å². The predicted octanol–water partition coefficient (Wildman–Crippen LogP) is 4.01. The summed E-state index contributed by atoms with van der Waals surface area (Å²) in [4.78, 5) is 45.8. The van der Waals surface area contributed by atoms with Gasteiger partial charge in [-0.15, -0.1) is 0 Å². The maximum atomic E-state index is 14.0. The van der Waals surface area contributed by atoms with Gasteiger partial charge in [0.2, 0.25) is 11.9 Å². The summed E-state index contributed by atoms with van der Waals surface area (Å²) in [6, 6.07) is 15.6. The fourth-order valence-electron chi connectivity index (χ4n) is 5.92. The molecule has 3 amide bonds. The zero-order chi connectivity index (χ0) is 28.5. The van der Waals surface area contributed by atoms with Gasteiger partial charge in [0.15, 0.2) is 0 Å². The summed E-state index contributed by atoms with van der Waals surface area (Å²) in [6.07, 6.45) is 3.78. The minimum Gasteiger partial charge on any atom is -0.369 e. The molecular formula is C31H36N8O2. The fraction of sp³-hybridized carbons (Fsp3) is 0.355. The standard InChI is InChI=1S/C31H36N8O2/c1-4-28(40)37-13-12-26(21-37)39-29-23(20-38(31(39)41)25-8-6-5-7-9-25)19-32-30(34-29)33-24-10-11-27(22(2)18-24)36-16-14-35(3)15-17-36/h4-11,18-19,26H,1,12-17,20-21H2,2-3H3,(H,32,33,34)/t26-/m0/s1. The zero-order valence-corrected chi connectivity index (χ0v) is 23.7. The number of amides is 3. The molecule has 4 heterocycles. The number of aromatic nitrogens is 2. The molecule has 2 fully saturated rings. The first-order valence-corrected chi connectivity index (χ1v) is 14.2. The number of para-hydroxylation sites is 1. The quantitative estimate of drug-likeness (QED) is 0.463. The van der Waals surface area contributed by atoms with Gasteiger partial charge in [-0.1, -0.05) is 24.8 Å². The molecule has 0 aliphatic carbocycles. The highest BCUT2D eigenvalue weighted by molar-refractivity contribution is 6.06. The number of nitrogens with one attached hydrogen (secondary N) is 1. The lowest BCUT2D eigenvalue weighted by Gasteiger charge is -2.39. The molecule has 212 valence electrons. The van der Waals surface area contributed by atoms with E-state index in [4.69, 9.17) is 4.98 Å². The Labute approximate surface area is 240 Å². The molecule has 3 aromatic rings. The molecule has 3 aliphatic rings. The average Bonchev–Trinajstić information content (AvgIpc) is 3.47. The number of anilines is 5. The fourth-order valence-corrected chi connectivity index (χ4v) is 5.92. The molecular weight excluding hydrogens is 516 g/mol. The second-order valence-electron chi connectivity index (χ2n) is 11.0. The smallest absolute Gasteiger partial charge is 0.330 e. The van der Waals surface area contributed by atoms with Gasteiger partial charge in [-0.2, -0.15) is 4.98 Å². The molecule has 2 aromatic carbocycles. The molecule has 0 saturated carbocycles. The minimum atomic E-state index is -0.204. The summed E-state index contributed by atoms with van der Waals surface area (Å²) in [7, 11) is 2.16. The van der Waals surface area contributed by atoms with E-state index in [9.17, 15) is 9.59 Å². The van der Waals surface area contributed by atoms with Crippen molar-refractivity contribution in [2.45, 2.75) is 25.9 Å². The van der Waals surface area contributed by atoms with Crippen molar-refractivity contribution in [2.75, 3.05) is 66.3 Å². The van der Waals surface area contributed by atoms with Crippen LogP contribution in [0.15, 0.2) is 67.4 Å². The Morgan fingerprint density at radius 2 is 1.85 bits per heavy atom. The molecule has 1 aromatic heterocycles. The van der Waals surface area contributed by atoms with E-state index < -0.39 is 0 Å². The predicted molar refractivity (Wildman–Crippen MR) is 162 cm³/mol. The van der Waals surface area contributed by atoms with Crippen LogP contribution in [-0.4, -0.2) is 84.1 Å². The van der Waals surface area contributed by atoms with Crippen LogP contribution >= 0.6 is 0 Å². The molecule has 3 aliphatic heterocycles. The Morgan fingerprint density at radius 3 is 2.59 bits per heavy atom. The summed E-state index contributed by atoms with van der Waals surface area (Å²) in [5.41, 5.74) is 4.99. The van der Waals surface area contributed by atoms with Gasteiger partial charge < -0.3 is 20.0 Å². The summed E-state index contributed by atoms with van der Waals surface area (Å²) in [6.45, 7) is 11.3. The number of aryl methyl sites for hydroxylation is 1. The lowest BCUT2D eigenvalue weighted by Crippen LogP contribution is -2.53. The van der Waals surface area contributed by atoms with Crippen molar-refractivity contribution in [1.82, 2.24) is 19.8 Å². The molecule has 0 radical (unpaired) electrons. The average molecular weight is 553 g/mol. The van der Waals surface area contributed by atoms with E-state index >= 15 is 0 Å². The van der Waals surface area contributed by atoms with Crippen molar-refractivity contribution >= 4 is 40.8 Å². The number of urea groups is 1. The first kappa shape index (κ1) is 26.8. The molecule has 6 rings (SSSR count). The second kappa shape index (κ2) is 11.2. The van der Waals surface area contributed by atoms with Gasteiger partial charge in [-0.25, -0.2) is 9.78 Å². The number of piperazine rings is 1. The van der Waals surface area contributed by atoms with Crippen LogP contribution in [0.25, 0.3) is 0 Å². The van der Waals surface area contributed by atoms with E-state index in [1.165, 1.54) is 17.3 Å². The van der Waals surface area contributed by atoms with Crippen molar-refractivity contribution < 1.29 is 9.59 Å². The number of carbonyl (C=O) groups excluding carboxylic acids is 2. The molecule has 1 N–H and O–H groups in total. The second-order valence-corrected chi connectivity index (χ2v) is 11.0. The van der Waals surface area contributed by atoms with Gasteiger partial charge in [0.1, 0.15) is 5.82 Å². The SMILES string of the molecule is C=CC(=O)N1CC[C@H](N2C(=O)N(c3ccccc3)Cc3cnc(Nc4ccc(N5CCN(C)CC5)c(C)c4)nc32)C1. The number of benzene rings is 2. The Kier molecular flexibility index (Phi) is 7.32. The van der Waals surface area contributed by atoms with Gasteiger partial charge in [0.25, 0.3) is 0 Å². The van der Waals surface area contributed by atoms with Crippen LogP contribution in [0.1, 0.15) is 17.5 Å². The summed E-state index contributed by atoms with van der Waals surface area (Å²) >= 11 is 0. The van der Waals surface area contributed by atoms with Crippen LogP contribution in [0.2, 0.25) is 0 Å². The molecule has 10 nitrogen and oxygen atoms in total. The van der Waals surface area contributed by atoms with Crippen LogP contribution in [0.3, 0.4) is 0 Å². The maximum Gasteiger partial charge on any atom is 0.330 e. The van der Waals surface area contributed by atoms with E-state index in [2.05, 4.69) is 58.9 Å². The Hall–Kier alpha value is -4.44. The number of hydrogen-bond donors (Lipinski definition) is 1. The molecule has 2 saturated heterocycles. The number of hydrogen-bond acceptors (Lipinski definition) is 7. The number of likely N-dealkylation sites (tertiary alicyclic amines) is 1. The van der Waals surface area contributed by atoms with Crippen molar-refractivity contribution in [3.63, 3.8) is 0 Å². The molecule has 0 spiro atoms. The third kappa shape index (κ3) is 5.35. The topological polar surface area (TPSA) is 88.1 Å². The number of likely N-dealkylation sites (N-methyl/N-ethyl adjacent to an activating group) is 1. The first-order chi connectivity index (χ1) is 19.9. The Bertz CT molecular complexity index is 1450. The number of nitrogens with zero attached hydrogens (tertiary/aromatic N) is 7. The Balaban J connectivity index is 1.28. The highest BCUT2D eigenvalue weighted by Crippen LogP contribution is 2.35. The van der Waals surface area contributed by atoms with E-state index in [0.717, 1.165) is 43.1 Å². The van der Waals surface area contributed by atoms with Crippen LogP contribution in [0.5, 0.6) is 0 Å². The van der Waals surface area contributed by atoms with Crippen LogP contribution in [0.4, 0.5) is 33.6 Å². The van der Waals surface area contributed by atoms with E-state index in [-0.39, 0.29) is 18.0 Å². The summed E-state index contributed by atoms with van der Waals surface area (Å²) < 4.78 is 0. The largest absolute Gasteiger partial charge is 0.369 e. The third-order valence-corrected chi connectivity index (χ3v) is 8.21. The van der Waals surface area contributed by atoms with Gasteiger partial charge in [-0.05, 0) is 62.4 Å². The third-order valence-electron chi connectivity index (χ3n) is 8.21. The highest BCUT2D eigenvalue weighted by Gasteiger charge is 2.40. The van der Waals surface area contributed by atoms with E-state index in [1.54, 1.807) is 20.9 Å². The first-order valence-electron chi connectivity index (χ1n) is 14.2. The normalized spacial score (nSPS) is 19.4. The van der Waals surface area contributed by atoms with Gasteiger partial charge in [0, 0.05) is 68.1 Å². The van der Waals surface area contributed by atoms with Crippen molar-refractivity contribution in [1.29, 1.82) is 0 Å². The Morgan fingerprint density at radius 1 is 1.07 bits per heavy atom. The van der Waals surface area contributed by atoms with Crippen molar-refractivity contribution in [3.8, 4) is 0 Å². The van der Waals surface area contributed by atoms with Crippen LogP contribution in [0, 0.1) is 6.92 Å². The molecule has 0 bridgehead atoms. The van der Waals surface area contributed by atoms with Crippen LogP contribution < -0.4 is 20.0 Å². The number of fused-ring (bicyclic) bond motifs is 1. The molecule has 0 unspecified atom stereocenters. The molecule has 10 heteroatoms. The highest BCUT2D eigenvalue weighted by atomic mass is 16.2. The number of rotatable bonds is 6. The van der Waals surface area contributed by atoms with E-state index in [0.29, 0.717) is 37.8 Å². The maximum absolute atomic E-state index is 14.0. The van der Waals surface area contributed by atoms with Gasteiger partial charge in [0.05, 0.1) is 12.6 Å².